The van der Waals surface area contributed by atoms with Gasteiger partial charge in [-0.3, -0.25) is 24.0 Å². The molecule has 0 spiro atoms. The highest BCUT2D eigenvalue weighted by Crippen LogP contribution is 3.07. The number of amides is 3. The van der Waals surface area contributed by atoms with Crippen molar-refractivity contribution < 1.29 is 57.9 Å². The summed E-state index contributed by atoms with van der Waals surface area (Å²) in [5, 5.41) is 31.3. The second kappa shape index (κ2) is 17.0. The Morgan fingerprint density at radius 1 is 0.872 bits per heavy atom. The van der Waals surface area contributed by atoms with Crippen molar-refractivity contribution >= 4 is 35.4 Å². The number of allylic oxidation sites excluding steroid dienone is 4. The lowest BCUT2D eigenvalue weighted by atomic mass is 8.94. The molecule has 3 aromatic rings. The Kier molecular flexibility index (Phi) is 11.0. The van der Waals surface area contributed by atoms with Gasteiger partial charge in [0.05, 0.1) is 17.7 Å². The second-order valence-electron chi connectivity index (χ2n) is 26.4. The van der Waals surface area contributed by atoms with Crippen molar-refractivity contribution in [2.45, 2.75) is 127 Å². The van der Waals surface area contributed by atoms with Crippen LogP contribution in [0.4, 0.5) is 4.79 Å². The van der Waals surface area contributed by atoms with Crippen LogP contribution in [0.5, 0.6) is 0 Å². The van der Waals surface area contributed by atoms with Crippen molar-refractivity contribution in [3.8, 4) is 11.1 Å². The van der Waals surface area contributed by atoms with Crippen LogP contribution in [-0.2, 0) is 49.3 Å². The summed E-state index contributed by atoms with van der Waals surface area (Å²) in [5.74, 6) is 0.627. The summed E-state index contributed by atoms with van der Waals surface area (Å²) < 4.78 is 24.8. The smallest absolute Gasteiger partial charge is 0.407 e. The van der Waals surface area contributed by atoms with Gasteiger partial charge in [0.25, 0.3) is 0 Å². The number of aliphatic hydroxyl groups is 2. The molecule has 408 valence electrons. The SMILES string of the molecule is CC(C)(C)OC(=O)CC[C@H](NC(=O)CNC(=O)OCC1c2ccccc2-c2ccccc21)C(=O)NC12C3C4C1C1C2C3C41Cc1ccc([C@@H]2O[C@@H]3C[C@H]4[C@@H]5CCC6=CC(=O)C=C[C@]6(C)[C@H]5[C@@H](O)C[C@]4(C)[C@]3(C(=O)CO)O2)cc1. The second-order valence-corrected chi connectivity index (χ2v) is 26.4. The average Bonchev–Trinajstić information content (AvgIpc) is 0.638. The van der Waals surface area contributed by atoms with Gasteiger partial charge in [-0.25, -0.2) is 4.79 Å². The van der Waals surface area contributed by atoms with E-state index < -0.39 is 83.5 Å². The van der Waals surface area contributed by atoms with Crippen molar-refractivity contribution in [3.05, 3.63) is 119 Å². The first-order valence-electron chi connectivity index (χ1n) is 28.4. The fourth-order valence-corrected chi connectivity index (χ4v) is 19.6. The topological polar surface area (TPSA) is 216 Å². The number of alkyl carbamates (subject to hydrolysis) is 1. The summed E-state index contributed by atoms with van der Waals surface area (Å²) in [4.78, 5) is 80.0. The molecule has 1 aliphatic heterocycles. The van der Waals surface area contributed by atoms with Gasteiger partial charge >= 0.3 is 12.1 Å². The zero-order valence-electron chi connectivity index (χ0n) is 44.8. The van der Waals surface area contributed by atoms with Crippen LogP contribution < -0.4 is 16.0 Å². The van der Waals surface area contributed by atoms with Crippen LogP contribution in [0.15, 0.2) is 96.6 Å². The Bertz CT molecular complexity index is 3080. The first kappa shape index (κ1) is 50.2. The van der Waals surface area contributed by atoms with Gasteiger partial charge in [-0.1, -0.05) is 98.3 Å². The van der Waals surface area contributed by atoms with E-state index in [1.165, 1.54) is 5.56 Å². The number of Topliss-reactive ketones (excluding diaryl/α,β-unsaturated/α-hetero) is 1. The van der Waals surface area contributed by atoms with Crippen LogP contribution in [0.2, 0.25) is 0 Å². The lowest BCUT2D eigenvalue weighted by Gasteiger charge is -3.11. The number of fused-ring (bicyclic) bond motifs is 10. The molecule has 15 nitrogen and oxygen atoms in total. The highest BCUT2D eigenvalue weighted by molar-refractivity contribution is 6.01. The Balaban J connectivity index is 0.602. The zero-order chi connectivity index (χ0) is 54.2. The average molecular weight is 1060 g/mol. The van der Waals surface area contributed by atoms with Gasteiger partial charge in [-0.05, 0) is 152 Å². The Morgan fingerprint density at radius 3 is 2.19 bits per heavy atom. The number of ether oxygens (including phenoxy) is 4. The monoisotopic (exact) mass is 1060 g/mol. The molecule has 1 saturated heterocycles. The van der Waals surface area contributed by atoms with E-state index in [9.17, 15) is 39.0 Å². The number of esters is 1. The van der Waals surface area contributed by atoms with Gasteiger partial charge in [0.15, 0.2) is 23.5 Å². The number of aliphatic hydroxyl groups excluding tert-OH is 2. The normalized spacial score (nSPS) is 39.9. The minimum absolute atomic E-state index is 0.00759. The molecule has 0 aromatic heterocycles. The third-order valence-corrected chi connectivity index (χ3v) is 22.2. The maximum Gasteiger partial charge on any atom is 0.407 e. The van der Waals surface area contributed by atoms with E-state index in [4.69, 9.17) is 18.9 Å². The molecule has 9 saturated carbocycles. The van der Waals surface area contributed by atoms with E-state index in [0.29, 0.717) is 48.3 Å². The fourth-order valence-electron chi connectivity index (χ4n) is 19.6. The number of carbonyl (C=O) groups excluding carboxylic acids is 6. The minimum Gasteiger partial charge on any atom is -0.460 e. The lowest BCUT2D eigenvalue weighted by Crippen LogP contribution is -3.15. The van der Waals surface area contributed by atoms with Crippen molar-refractivity contribution in [1.29, 1.82) is 0 Å². The molecule has 78 heavy (non-hydrogen) atoms. The van der Waals surface area contributed by atoms with Gasteiger partial charge in [0.2, 0.25) is 11.8 Å². The van der Waals surface area contributed by atoms with E-state index >= 15 is 0 Å². The van der Waals surface area contributed by atoms with Crippen LogP contribution in [0.3, 0.4) is 0 Å². The van der Waals surface area contributed by atoms with E-state index in [0.717, 1.165) is 52.7 Å². The quantitative estimate of drug-likeness (QED) is 0.102. The summed E-state index contributed by atoms with van der Waals surface area (Å²) in [6, 6.07) is 23.4. The van der Waals surface area contributed by atoms with E-state index in [1.54, 1.807) is 32.9 Å². The van der Waals surface area contributed by atoms with Crippen molar-refractivity contribution in [2.24, 2.45) is 69.5 Å². The third-order valence-electron chi connectivity index (χ3n) is 22.2. The van der Waals surface area contributed by atoms with Gasteiger partial charge in [0, 0.05) is 34.7 Å². The molecule has 3 aromatic carbocycles. The predicted octanol–water partition coefficient (Wildman–Crippen LogP) is 6.58. The largest absolute Gasteiger partial charge is 0.460 e. The maximum absolute atomic E-state index is 14.3. The molecule has 1 heterocycles. The van der Waals surface area contributed by atoms with Crippen molar-refractivity contribution in [1.82, 2.24) is 16.0 Å². The Labute approximate surface area is 453 Å². The Morgan fingerprint density at radius 2 is 1.54 bits per heavy atom. The van der Waals surface area contributed by atoms with E-state index in [2.05, 4.69) is 47.1 Å². The number of nitrogens with one attached hydrogen (secondary N) is 3. The van der Waals surface area contributed by atoms with Crippen LogP contribution in [0.1, 0.15) is 108 Å². The van der Waals surface area contributed by atoms with E-state index in [-0.39, 0.29) is 65.8 Å². The molecular formula is C63H69N3O12. The molecule has 0 radical (unpaired) electrons. The number of hydrogen-bond acceptors (Lipinski definition) is 12. The van der Waals surface area contributed by atoms with E-state index in [1.807, 2.05) is 61.5 Å². The molecule has 15 heteroatoms. The molecule has 3 amide bonds. The zero-order valence-corrected chi connectivity index (χ0v) is 44.8. The van der Waals surface area contributed by atoms with Crippen LogP contribution >= 0.6 is 0 Å². The van der Waals surface area contributed by atoms with Gasteiger partial charge in [-0.2, -0.15) is 0 Å². The number of carbonyl (C=O) groups is 6. The molecule has 10 fully saturated rings. The molecule has 0 unspecified atom stereocenters. The maximum atomic E-state index is 14.3. The summed E-state index contributed by atoms with van der Waals surface area (Å²) in [7, 11) is 0. The van der Waals surface area contributed by atoms with Gasteiger partial charge in [-0.15, -0.1) is 0 Å². The van der Waals surface area contributed by atoms with Crippen LogP contribution in [0, 0.1) is 69.5 Å². The Hall–Kier alpha value is -6.00. The molecule has 0 bridgehead atoms. The first-order chi connectivity index (χ1) is 37.3. The molecule has 10 atom stereocenters. The predicted molar refractivity (Wildman–Crippen MR) is 281 cm³/mol. The summed E-state index contributed by atoms with van der Waals surface area (Å²) >= 11 is 0. The number of hydrogen-bond donors (Lipinski definition) is 5. The van der Waals surface area contributed by atoms with Gasteiger partial charge < -0.3 is 45.1 Å². The number of rotatable bonds is 15. The molecule has 5 N–H and O–H groups in total. The third kappa shape index (κ3) is 6.52. The molecule has 12 aliphatic rings. The first-order valence-corrected chi connectivity index (χ1v) is 28.4. The highest BCUT2D eigenvalue weighted by atomic mass is 16.7. The van der Waals surface area contributed by atoms with Gasteiger partial charge in [0.1, 0.15) is 31.4 Å². The molecule has 11 aliphatic carbocycles. The fraction of sp³-hybridized carbons (Fsp3) is 0.556. The standard InChI is InChI=1S/C63H69N3O12/c1-58(2,3)77-47(72)21-20-42(65-46(71)28-64-57(74)75-30-40-37-12-8-6-10-35(37)36-11-7-9-13-38(36)40)55(73)66-62-52-49-53(62)51-54(62)50(52)61(49,51)26-31-14-16-32(17-15-31)56-76-45-25-41-39-19-18-33-24-34(68)22-23-59(33,4)48(39)43(69)27-60(41,5)63(45,78-56)44(70)29-67/h6-17,22-24,39-43,45,48-54,56,67,69H,18-21,25-30H2,1-5H3,(H,64,74)(H,65,71)(H,66,73)/t39-,41-,42-,43-,45+,48+,49?,50?,51?,52?,53?,54?,56+,59-,60-,61?,62?,63+/m0/s1. The summed E-state index contributed by atoms with van der Waals surface area (Å²) in [5.41, 5.74) is 3.94. The summed E-state index contributed by atoms with van der Waals surface area (Å²) in [6.45, 7) is 8.49. The van der Waals surface area contributed by atoms with Crippen LogP contribution in [-0.4, -0.2) is 100 Å². The highest BCUT2D eigenvalue weighted by Gasteiger charge is 3.09. The lowest BCUT2D eigenvalue weighted by molar-refractivity contribution is -0.624. The van der Waals surface area contributed by atoms with Crippen molar-refractivity contribution in [3.63, 3.8) is 0 Å². The number of benzene rings is 3. The molecule has 15 rings (SSSR count). The van der Waals surface area contributed by atoms with Crippen molar-refractivity contribution in [2.75, 3.05) is 19.8 Å². The van der Waals surface area contributed by atoms with Crippen LogP contribution in [0.25, 0.3) is 11.1 Å². The minimum atomic E-state index is -1.42. The number of ketones is 2. The molecular weight excluding hydrogens is 991 g/mol. The summed E-state index contributed by atoms with van der Waals surface area (Å²) in [6.07, 6.45) is 5.72.